The first-order valence-corrected chi connectivity index (χ1v) is 8.56. The van der Waals surface area contributed by atoms with Crippen molar-refractivity contribution >= 4 is 5.91 Å². The zero-order chi connectivity index (χ0) is 18.0. The smallest absolute Gasteiger partial charge is 0.255 e. The van der Waals surface area contributed by atoms with Gasteiger partial charge >= 0.3 is 0 Å². The summed E-state index contributed by atoms with van der Waals surface area (Å²) in [5, 5.41) is 0. The van der Waals surface area contributed by atoms with Gasteiger partial charge in [-0.25, -0.2) is 9.37 Å². The molecule has 25 heavy (non-hydrogen) atoms. The molecular formula is C18H24FN5O. The van der Waals surface area contributed by atoms with Crippen LogP contribution >= 0.6 is 0 Å². The van der Waals surface area contributed by atoms with Crippen molar-refractivity contribution in [2.75, 3.05) is 26.2 Å². The van der Waals surface area contributed by atoms with Gasteiger partial charge in [0.05, 0.1) is 24.0 Å². The van der Waals surface area contributed by atoms with Gasteiger partial charge in [-0.15, -0.1) is 0 Å². The molecule has 3 rings (SSSR count). The molecule has 1 fully saturated rings. The molecule has 2 aromatic heterocycles. The molecule has 134 valence electrons. The van der Waals surface area contributed by atoms with Crippen LogP contribution in [-0.2, 0) is 13.6 Å². The summed E-state index contributed by atoms with van der Waals surface area (Å²) in [6, 6.07) is 1.25. The molecule has 6 nitrogen and oxygen atoms in total. The van der Waals surface area contributed by atoms with Crippen molar-refractivity contribution in [3.8, 4) is 0 Å². The largest absolute Gasteiger partial charge is 0.337 e. The van der Waals surface area contributed by atoms with Crippen molar-refractivity contribution in [2.45, 2.75) is 26.8 Å². The lowest BCUT2D eigenvalue weighted by Crippen LogP contribution is -2.35. The summed E-state index contributed by atoms with van der Waals surface area (Å²) in [5.41, 5.74) is 2.55. The van der Waals surface area contributed by atoms with Crippen LogP contribution in [0.15, 0.2) is 18.5 Å². The molecule has 1 amide bonds. The van der Waals surface area contributed by atoms with E-state index in [4.69, 9.17) is 0 Å². The second kappa shape index (κ2) is 7.31. The van der Waals surface area contributed by atoms with Crippen molar-refractivity contribution < 1.29 is 9.18 Å². The summed E-state index contributed by atoms with van der Waals surface area (Å²) in [6.07, 6.45) is 3.42. The Morgan fingerprint density at radius 1 is 1.20 bits per heavy atom. The minimum absolute atomic E-state index is 0.155. The maximum atomic E-state index is 13.3. The van der Waals surface area contributed by atoms with Crippen LogP contribution in [0.1, 0.15) is 34.0 Å². The van der Waals surface area contributed by atoms with Gasteiger partial charge in [0.15, 0.2) is 0 Å². The number of rotatable bonds is 3. The van der Waals surface area contributed by atoms with E-state index in [0.717, 1.165) is 43.8 Å². The minimum Gasteiger partial charge on any atom is -0.337 e. The van der Waals surface area contributed by atoms with Crippen LogP contribution in [0.3, 0.4) is 0 Å². The Labute approximate surface area is 147 Å². The molecule has 0 bridgehead atoms. The minimum atomic E-state index is -0.483. The van der Waals surface area contributed by atoms with Crippen LogP contribution in [0, 0.1) is 19.7 Å². The van der Waals surface area contributed by atoms with Crippen LogP contribution in [-0.4, -0.2) is 56.4 Å². The van der Waals surface area contributed by atoms with Crippen molar-refractivity contribution in [1.82, 2.24) is 24.3 Å². The van der Waals surface area contributed by atoms with E-state index in [1.807, 2.05) is 14.0 Å². The van der Waals surface area contributed by atoms with Crippen LogP contribution in [0.25, 0.3) is 0 Å². The Bertz CT molecular complexity index is 773. The number of hydrogen-bond donors (Lipinski definition) is 0. The summed E-state index contributed by atoms with van der Waals surface area (Å²) in [4.78, 5) is 25.1. The third-order valence-corrected chi connectivity index (χ3v) is 4.90. The number of aryl methyl sites for hydroxylation is 1. The normalized spacial score (nSPS) is 16.1. The predicted molar refractivity (Wildman–Crippen MR) is 92.7 cm³/mol. The van der Waals surface area contributed by atoms with Crippen LogP contribution < -0.4 is 0 Å². The van der Waals surface area contributed by atoms with Gasteiger partial charge in [-0.3, -0.25) is 14.7 Å². The molecule has 1 saturated heterocycles. The SMILES string of the molecule is Cc1nc(CN2CCCN(C(=O)c3cncc(F)c3)CC2)n(C)c1C. The summed E-state index contributed by atoms with van der Waals surface area (Å²) in [6.45, 7) is 7.85. The third kappa shape index (κ3) is 3.87. The fraction of sp³-hybridized carbons (Fsp3) is 0.500. The van der Waals surface area contributed by atoms with Gasteiger partial charge in [-0.1, -0.05) is 0 Å². The van der Waals surface area contributed by atoms with Gasteiger partial charge in [0, 0.05) is 45.1 Å². The number of carbonyl (C=O) groups excluding carboxylic acids is 1. The van der Waals surface area contributed by atoms with Gasteiger partial charge in [-0.05, 0) is 26.3 Å². The molecule has 0 N–H and O–H groups in total. The Kier molecular flexibility index (Phi) is 5.13. The molecule has 0 unspecified atom stereocenters. The quantitative estimate of drug-likeness (QED) is 0.853. The molecule has 2 aromatic rings. The average molecular weight is 345 g/mol. The zero-order valence-corrected chi connectivity index (χ0v) is 15.0. The van der Waals surface area contributed by atoms with E-state index in [2.05, 4.69) is 26.4 Å². The van der Waals surface area contributed by atoms with E-state index in [0.29, 0.717) is 18.7 Å². The number of halogens is 1. The van der Waals surface area contributed by atoms with Gasteiger partial charge in [0.1, 0.15) is 11.6 Å². The molecule has 0 atom stereocenters. The van der Waals surface area contributed by atoms with E-state index in [1.165, 1.54) is 18.0 Å². The maximum absolute atomic E-state index is 13.3. The molecular weight excluding hydrogens is 321 g/mol. The molecule has 0 spiro atoms. The van der Waals surface area contributed by atoms with Gasteiger partial charge in [0.25, 0.3) is 5.91 Å². The molecule has 1 aliphatic heterocycles. The Hall–Kier alpha value is -2.28. The first kappa shape index (κ1) is 17.5. The first-order valence-electron chi connectivity index (χ1n) is 8.56. The number of carbonyl (C=O) groups is 1. The highest BCUT2D eigenvalue weighted by molar-refractivity contribution is 5.93. The molecule has 0 radical (unpaired) electrons. The van der Waals surface area contributed by atoms with Crippen molar-refractivity contribution in [1.29, 1.82) is 0 Å². The van der Waals surface area contributed by atoms with Crippen LogP contribution in [0.4, 0.5) is 4.39 Å². The Morgan fingerprint density at radius 3 is 2.68 bits per heavy atom. The molecule has 0 aliphatic carbocycles. The molecule has 0 saturated carbocycles. The van der Waals surface area contributed by atoms with Gasteiger partial charge < -0.3 is 9.47 Å². The topological polar surface area (TPSA) is 54.3 Å². The molecule has 1 aliphatic rings. The monoisotopic (exact) mass is 345 g/mol. The third-order valence-electron chi connectivity index (χ3n) is 4.90. The first-order chi connectivity index (χ1) is 12.0. The molecule has 7 heteroatoms. The number of pyridine rings is 1. The van der Waals surface area contributed by atoms with E-state index >= 15 is 0 Å². The lowest BCUT2D eigenvalue weighted by molar-refractivity contribution is 0.0760. The zero-order valence-electron chi connectivity index (χ0n) is 15.0. The second-order valence-electron chi connectivity index (χ2n) is 6.57. The highest BCUT2D eigenvalue weighted by Gasteiger charge is 2.22. The fourth-order valence-electron chi connectivity index (χ4n) is 3.17. The van der Waals surface area contributed by atoms with Crippen LogP contribution in [0.5, 0.6) is 0 Å². The lowest BCUT2D eigenvalue weighted by Gasteiger charge is -2.22. The van der Waals surface area contributed by atoms with E-state index in [9.17, 15) is 9.18 Å². The predicted octanol–water partition coefficient (Wildman–Crippen LogP) is 1.92. The number of nitrogens with zero attached hydrogens (tertiary/aromatic N) is 5. The lowest BCUT2D eigenvalue weighted by atomic mass is 10.2. The van der Waals surface area contributed by atoms with Crippen molar-refractivity contribution in [2.24, 2.45) is 7.05 Å². The standard InChI is InChI=1S/C18H24FN5O/c1-13-14(2)22(3)17(21-13)12-23-5-4-6-24(8-7-23)18(25)15-9-16(19)11-20-10-15/h9-11H,4-8,12H2,1-3H3. The fourth-order valence-corrected chi connectivity index (χ4v) is 3.17. The number of amides is 1. The number of imidazole rings is 1. The average Bonchev–Trinajstić information content (AvgIpc) is 2.78. The van der Waals surface area contributed by atoms with Crippen molar-refractivity contribution in [3.05, 3.63) is 47.1 Å². The maximum Gasteiger partial charge on any atom is 0.255 e. The molecule has 0 aromatic carbocycles. The summed E-state index contributed by atoms with van der Waals surface area (Å²) in [7, 11) is 2.04. The Morgan fingerprint density at radius 2 is 2.00 bits per heavy atom. The highest BCUT2D eigenvalue weighted by atomic mass is 19.1. The van der Waals surface area contributed by atoms with Gasteiger partial charge in [0.2, 0.25) is 0 Å². The summed E-state index contributed by atoms with van der Waals surface area (Å²) >= 11 is 0. The van der Waals surface area contributed by atoms with Gasteiger partial charge in [-0.2, -0.15) is 0 Å². The number of hydrogen-bond acceptors (Lipinski definition) is 4. The highest BCUT2D eigenvalue weighted by Crippen LogP contribution is 2.14. The number of aromatic nitrogens is 3. The molecule has 3 heterocycles. The van der Waals surface area contributed by atoms with E-state index in [-0.39, 0.29) is 5.91 Å². The van der Waals surface area contributed by atoms with E-state index in [1.54, 1.807) is 4.90 Å². The summed E-state index contributed by atoms with van der Waals surface area (Å²) < 4.78 is 15.4. The summed E-state index contributed by atoms with van der Waals surface area (Å²) in [5.74, 6) is 0.407. The second-order valence-corrected chi connectivity index (χ2v) is 6.57. The van der Waals surface area contributed by atoms with E-state index < -0.39 is 5.82 Å². The Balaban J connectivity index is 1.64. The van der Waals surface area contributed by atoms with Crippen molar-refractivity contribution in [3.63, 3.8) is 0 Å². The van der Waals surface area contributed by atoms with Crippen LogP contribution in [0.2, 0.25) is 0 Å².